The van der Waals surface area contributed by atoms with Crippen LogP contribution < -0.4 is 15.2 Å². The van der Waals surface area contributed by atoms with E-state index in [1.54, 1.807) is 14.2 Å². The lowest BCUT2D eigenvalue weighted by Gasteiger charge is -2.25. The molecule has 0 aliphatic carbocycles. The van der Waals surface area contributed by atoms with Crippen LogP contribution >= 0.6 is 11.6 Å². The molecule has 0 heterocycles. The summed E-state index contributed by atoms with van der Waals surface area (Å²) in [5.74, 6) is 1.34. The van der Waals surface area contributed by atoms with Crippen LogP contribution in [0.2, 0.25) is 5.02 Å². The van der Waals surface area contributed by atoms with E-state index in [1.807, 2.05) is 26.8 Å². The molecule has 0 bridgehead atoms. The standard InChI is InChI=1S/C12H18ClNO2/c1-7-6-8(15-4)9(12(2,3)14)10(13)11(7)16-5/h6H,14H2,1-5H3. The fourth-order valence-corrected chi connectivity index (χ4v) is 2.30. The van der Waals surface area contributed by atoms with Crippen molar-refractivity contribution in [2.24, 2.45) is 5.73 Å². The van der Waals surface area contributed by atoms with Crippen molar-refractivity contribution in [3.8, 4) is 11.5 Å². The molecule has 4 heteroatoms. The normalized spacial score (nSPS) is 11.4. The first-order chi connectivity index (χ1) is 7.32. The molecule has 0 saturated carbocycles. The number of hydrogen-bond donors (Lipinski definition) is 1. The predicted molar refractivity (Wildman–Crippen MR) is 66.5 cm³/mol. The van der Waals surface area contributed by atoms with Gasteiger partial charge in [-0.15, -0.1) is 0 Å². The molecule has 0 aromatic heterocycles. The molecule has 90 valence electrons. The van der Waals surface area contributed by atoms with E-state index in [-0.39, 0.29) is 0 Å². The van der Waals surface area contributed by atoms with Gasteiger partial charge in [-0.3, -0.25) is 0 Å². The van der Waals surface area contributed by atoms with E-state index in [4.69, 9.17) is 26.8 Å². The summed E-state index contributed by atoms with van der Waals surface area (Å²) < 4.78 is 10.6. The maximum atomic E-state index is 6.30. The fraction of sp³-hybridized carbons (Fsp3) is 0.500. The summed E-state index contributed by atoms with van der Waals surface area (Å²) in [5, 5.41) is 0.520. The maximum absolute atomic E-state index is 6.30. The Labute approximate surface area is 101 Å². The second kappa shape index (κ2) is 4.52. The molecule has 0 radical (unpaired) electrons. The van der Waals surface area contributed by atoms with Gasteiger partial charge < -0.3 is 15.2 Å². The quantitative estimate of drug-likeness (QED) is 0.888. The molecule has 0 unspecified atom stereocenters. The molecule has 0 aliphatic rings. The van der Waals surface area contributed by atoms with Gasteiger partial charge in [0.1, 0.15) is 11.5 Å². The Morgan fingerprint density at radius 1 is 1.25 bits per heavy atom. The van der Waals surface area contributed by atoms with Crippen molar-refractivity contribution in [2.45, 2.75) is 26.3 Å². The molecular weight excluding hydrogens is 226 g/mol. The van der Waals surface area contributed by atoms with E-state index in [1.165, 1.54) is 0 Å². The topological polar surface area (TPSA) is 44.5 Å². The Bertz CT molecular complexity index is 397. The van der Waals surface area contributed by atoms with E-state index < -0.39 is 5.54 Å². The average molecular weight is 244 g/mol. The van der Waals surface area contributed by atoms with Gasteiger partial charge in [-0.1, -0.05) is 11.6 Å². The highest BCUT2D eigenvalue weighted by Crippen LogP contribution is 2.42. The number of rotatable bonds is 3. The zero-order valence-electron chi connectivity index (χ0n) is 10.3. The average Bonchev–Trinajstić information content (AvgIpc) is 2.15. The van der Waals surface area contributed by atoms with Gasteiger partial charge in [-0.05, 0) is 32.4 Å². The number of hydrogen-bond acceptors (Lipinski definition) is 3. The van der Waals surface area contributed by atoms with Gasteiger partial charge >= 0.3 is 0 Å². The third kappa shape index (κ3) is 2.25. The summed E-state index contributed by atoms with van der Waals surface area (Å²) in [6, 6.07) is 1.88. The van der Waals surface area contributed by atoms with Crippen molar-refractivity contribution < 1.29 is 9.47 Å². The fourth-order valence-electron chi connectivity index (χ4n) is 1.74. The molecule has 1 aromatic carbocycles. The van der Waals surface area contributed by atoms with Gasteiger partial charge in [0.25, 0.3) is 0 Å². The minimum atomic E-state index is -0.580. The molecular formula is C12H18ClNO2. The molecule has 2 N–H and O–H groups in total. The number of benzene rings is 1. The highest BCUT2D eigenvalue weighted by molar-refractivity contribution is 6.33. The van der Waals surface area contributed by atoms with E-state index >= 15 is 0 Å². The summed E-state index contributed by atoms with van der Waals surface area (Å²) in [5.41, 5.74) is 7.20. The predicted octanol–water partition coefficient (Wildman–Crippen LogP) is 2.86. The van der Waals surface area contributed by atoms with Crippen molar-refractivity contribution in [1.82, 2.24) is 0 Å². The van der Waals surface area contributed by atoms with Gasteiger partial charge in [0.2, 0.25) is 0 Å². The summed E-state index contributed by atoms with van der Waals surface area (Å²) in [4.78, 5) is 0. The Hall–Kier alpha value is -0.930. The highest BCUT2D eigenvalue weighted by atomic mass is 35.5. The third-order valence-corrected chi connectivity index (χ3v) is 2.80. The summed E-state index contributed by atoms with van der Waals surface area (Å²) >= 11 is 6.30. The Morgan fingerprint density at radius 3 is 2.19 bits per heavy atom. The second-order valence-electron chi connectivity index (χ2n) is 4.34. The molecule has 1 aromatic rings. The molecule has 0 spiro atoms. The highest BCUT2D eigenvalue weighted by Gasteiger charge is 2.26. The van der Waals surface area contributed by atoms with Crippen molar-refractivity contribution in [1.29, 1.82) is 0 Å². The Morgan fingerprint density at radius 2 is 1.81 bits per heavy atom. The molecule has 3 nitrogen and oxygen atoms in total. The molecule has 0 amide bonds. The van der Waals surface area contributed by atoms with E-state index in [2.05, 4.69) is 0 Å². The second-order valence-corrected chi connectivity index (χ2v) is 4.72. The Balaban J connectivity index is 3.57. The molecule has 0 saturated heterocycles. The van der Waals surface area contributed by atoms with Crippen molar-refractivity contribution >= 4 is 11.6 Å². The van der Waals surface area contributed by atoms with Gasteiger partial charge in [-0.25, -0.2) is 0 Å². The third-order valence-electron chi connectivity index (χ3n) is 2.44. The zero-order chi connectivity index (χ0) is 12.5. The largest absolute Gasteiger partial charge is 0.496 e. The minimum Gasteiger partial charge on any atom is -0.496 e. The SMILES string of the molecule is COc1cc(C)c(OC)c(Cl)c1C(C)(C)N. The van der Waals surface area contributed by atoms with Gasteiger partial charge in [0.05, 0.1) is 19.2 Å². The van der Waals surface area contributed by atoms with E-state index in [0.29, 0.717) is 16.5 Å². The summed E-state index contributed by atoms with van der Waals surface area (Å²) in [6.45, 7) is 5.68. The number of halogens is 1. The van der Waals surface area contributed by atoms with Gasteiger partial charge in [0.15, 0.2) is 0 Å². The van der Waals surface area contributed by atoms with Crippen molar-refractivity contribution in [3.05, 3.63) is 22.2 Å². The molecule has 16 heavy (non-hydrogen) atoms. The first-order valence-electron chi connectivity index (χ1n) is 5.03. The first-order valence-corrected chi connectivity index (χ1v) is 5.41. The van der Waals surface area contributed by atoms with Gasteiger partial charge in [-0.2, -0.15) is 0 Å². The number of aryl methyl sites for hydroxylation is 1. The van der Waals surface area contributed by atoms with Crippen LogP contribution in [0.5, 0.6) is 11.5 Å². The van der Waals surface area contributed by atoms with Crippen molar-refractivity contribution in [3.63, 3.8) is 0 Å². The lowest BCUT2D eigenvalue weighted by Crippen LogP contribution is -2.30. The lowest BCUT2D eigenvalue weighted by atomic mass is 9.93. The van der Waals surface area contributed by atoms with Crippen LogP contribution in [0, 0.1) is 6.92 Å². The number of ether oxygens (including phenoxy) is 2. The number of methoxy groups -OCH3 is 2. The van der Waals surface area contributed by atoms with Crippen LogP contribution in [0.15, 0.2) is 6.07 Å². The molecule has 0 aliphatic heterocycles. The summed E-state index contributed by atoms with van der Waals surface area (Å²) in [7, 11) is 3.20. The lowest BCUT2D eigenvalue weighted by molar-refractivity contribution is 0.383. The van der Waals surface area contributed by atoms with Crippen LogP contribution in [-0.4, -0.2) is 14.2 Å². The zero-order valence-corrected chi connectivity index (χ0v) is 11.1. The molecule has 1 rings (SSSR count). The molecule has 0 atom stereocenters. The first kappa shape index (κ1) is 13.1. The van der Waals surface area contributed by atoms with Gasteiger partial charge in [0, 0.05) is 11.1 Å². The number of nitrogens with two attached hydrogens (primary N) is 1. The Kier molecular flexibility index (Phi) is 3.71. The van der Waals surface area contributed by atoms with Crippen LogP contribution in [0.3, 0.4) is 0 Å². The van der Waals surface area contributed by atoms with E-state index in [0.717, 1.165) is 11.1 Å². The van der Waals surface area contributed by atoms with Crippen LogP contribution in [0.25, 0.3) is 0 Å². The molecule has 0 fully saturated rings. The van der Waals surface area contributed by atoms with Crippen LogP contribution in [-0.2, 0) is 5.54 Å². The summed E-state index contributed by atoms with van der Waals surface area (Å²) in [6.07, 6.45) is 0. The smallest absolute Gasteiger partial charge is 0.140 e. The maximum Gasteiger partial charge on any atom is 0.140 e. The monoisotopic (exact) mass is 243 g/mol. The van der Waals surface area contributed by atoms with Crippen molar-refractivity contribution in [2.75, 3.05) is 14.2 Å². The van der Waals surface area contributed by atoms with Crippen LogP contribution in [0.4, 0.5) is 0 Å². The van der Waals surface area contributed by atoms with E-state index in [9.17, 15) is 0 Å². The minimum absolute atomic E-state index is 0.520. The van der Waals surface area contributed by atoms with Crippen LogP contribution in [0.1, 0.15) is 25.0 Å².